The minimum Gasteiger partial charge on any atom is -0.394 e. The Hall–Kier alpha value is -0.240. The predicted octanol–water partition coefficient (Wildman–Crippen LogP) is 25.7. The van der Waals surface area contributed by atoms with Gasteiger partial charge in [-0.05, 0) is 139 Å². The van der Waals surface area contributed by atoms with E-state index in [9.17, 15) is 10.2 Å². The zero-order chi connectivity index (χ0) is 67.6. The number of aliphatic hydroxyl groups is 2. The molecule has 1 heterocycles. The molecule has 2 fully saturated rings. The summed E-state index contributed by atoms with van der Waals surface area (Å²) in [5, 5.41) is 20.1. The molecule has 1 aliphatic heterocycles. The Labute approximate surface area is 578 Å². The maximum Gasteiger partial charge on any atom is 0.104 e. The number of hydrogen-bond donors (Lipinski definition) is 2. The Morgan fingerprint density at radius 3 is 0.707 bits per heavy atom. The van der Waals surface area contributed by atoms with E-state index in [2.05, 4.69) is 104 Å². The second-order valence-corrected chi connectivity index (χ2v) is 34.9. The van der Waals surface area contributed by atoms with Crippen LogP contribution < -0.4 is 0 Å². The lowest BCUT2D eigenvalue weighted by Crippen LogP contribution is -2.25. The number of ether oxygens (including phenoxy) is 4. The van der Waals surface area contributed by atoms with E-state index in [1.54, 1.807) is 0 Å². The van der Waals surface area contributed by atoms with Crippen LogP contribution in [-0.2, 0) is 18.9 Å². The van der Waals surface area contributed by atoms with Crippen molar-refractivity contribution in [2.75, 3.05) is 52.9 Å². The summed E-state index contributed by atoms with van der Waals surface area (Å²) in [7, 11) is 0. The highest BCUT2D eigenvalue weighted by Crippen LogP contribution is 2.41. The summed E-state index contributed by atoms with van der Waals surface area (Å²) in [6, 6.07) is 0. The van der Waals surface area contributed by atoms with Gasteiger partial charge in [-0.2, -0.15) is 0 Å². The van der Waals surface area contributed by atoms with E-state index in [1.807, 2.05) is 0 Å². The van der Waals surface area contributed by atoms with Crippen molar-refractivity contribution in [2.45, 2.75) is 399 Å². The summed E-state index contributed by atoms with van der Waals surface area (Å²) in [4.78, 5) is 0. The average molecular weight is 1300 g/mol. The van der Waals surface area contributed by atoms with Crippen LogP contribution in [0.15, 0.2) is 0 Å². The first-order chi connectivity index (χ1) is 44.2. The monoisotopic (exact) mass is 1300 g/mol. The van der Waals surface area contributed by atoms with E-state index in [4.69, 9.17) is 18.9 Å². The molecule has 0 aromatic carbocycles. The molecule has 6 nitrogen and oxygen atoms in total. The summed E-state index contributed by atoms with van der Waals surface area (Å²) < 4.78 is 24.4. The molecule has 550 valence electrons. The van der Waals surface area contributed by atoms with Gasteiger partial charge in [0.1, 0.15) is 12.2 Å². The first-order valence-electron chi connectivity index (χ1n) is 41.8. The standard InChI is InChI=1S/C86H170O6/c1-68-27-16-30-71(4)37-23-43-79(12)56-60-90-67-86(65-88)92-62-58-81(14)46-26-48-83-53-54-84(63-83)82(15)47-25-45-77(10)52-51-76(9)41-21-35-69(2)28-17-31-72(5)36-22-42-78(11)55-59-89-66-85(64-87)91-61-57-80(13)44-24-38-73(6)32-18-29-70(3)34-20-40-75(8)50-49-74(7)39-19-33-68/h68-88H,16-67H2,1-15H3. The molecule has 0 aromatic heterocycles. The van der Waals surface area contributed by atoms with Crippen molar-refractivity contribution in [2.24, 2.45) is 101 Å². The van der Waals surface area contributed by atoms with Crippen LogP contribution in [0.5, 0.6) is 0 Å². The Bertz CT molecular complexity index is 1570. The van der Waals surface area contributed by atoms with Crippen LogP contribution in [-0.4, -0.2) is 75.3 Å². The number of rotatable bonds is 2. The molecule has 2 N–H and O–H groups in total. The molecule has 2 bridgehead atoms. The van der Waals surface area contributed by atoms with Crippen molar-refractivity contribution in [3.8, 4) is 0 Å². The molecule has 2 aliphatic rings. The number of aliphatic hydroxyl groups excluding tert-OH is 2. The van der Waals surface area contributed by atoms with E-state index in [0.717, 1.165) is 129 Å². The molecule has 19 unspecified atom stereocenters. The van der Waals surface area contributed by atoms with Crippen molar-refractivity contribution in [1.82, 2.24) is 0 Å². The molecule has 19 atom stereocenters. The highest BCUT2D eigenvalue weighted by Gasteiger charge is 2.28. The third-order valence-electron chi connectivity index (χ3n) is 24.4. The van der Waals surface area contributed by atoms with Gasteiger partial charge >= 0.3 is 0 Å². The van der Waals surface area contributed by atoms with E-state index < -0.39 is 0 Å². The van der Waals surface area contributed by atoms with Crippen LogP contribution >= 0.6 is 0 Å². The van der Waals surface area contributed by atoms with Crippen LogP contribution in [0.1, 0.15) is 386 Å². The summed E-state index contributed by atoms with van der Waals surface area (Å²) >= 11 is 0. The van der Waals surface area contributed by atoms with Crippen molar-refractivity contribution < 1.29 is 29.2 Å². The van der Waals surface area contributed by atoms with Crippen molar-refractivity contribution in [1.29, 1.82) is 0 Å². The summed E-state index contributed by atoms with van der Waals surface area (Å²) in [6.45, 7) is 41.3. The Morgan fingerprint density at radius 2 is 0.446 bits per heavy atom. The van der Waals surface area contributed by atoms with E-state index in [1.165, 1.54) is 257 Å². The van der Waals surface area contributed by atoms with Crippen molar-refractivity contribution >= 4 is 0 Å². The lowest BCUT2D eigenvalue weighted by Gasteiger charge is -2.21. The van der Waals surface area contributed by atoms with Gasteiger partial charge in [-0.25, -0.2) is 0 Å². The molecule has 0 amide bonds. The van der Waals surface area contributed by atoms with E-state index in [-0.39, 0.29) is 25.4 Å². The normalized spacial score (nSPS) is 37.2. The zero-order valence-corrected chi connectivity index (χ0v) is 65.3. The average Bonchev–Trinajstić information content (AvgIpc) is 2.22. The second-order valence-electron chi connectivity index (χ2n) is 34.9. The predicted molar refractivity (Wildman–Crippen MR) is 403 cm³/mol. The second kappa shape index (κ2) is 57.5. The minimum absolute atomic E-state index is 0.0421. The smallest absolute Gasteiger partial charge is 0.104 e. The third kappa shape index (κ3) is 50.1. The lowest BCUT2D eigenvalue weighted by molar-refractivity contribution is -0.0471. The van der Waals surface area contributed by atoms with Crippen LogP contribution in [0.25, 0.3) is 0 Å². The summed E-state index contributed by atoms with van der Waals surface area (Å²) in [6.07, 6.45) is 59.4. The van der Waals surface area contributed by atoms with Crippen LogP contribution in [0.4, 0.5) is 0 Å². The van der Waals surface area contributed by atoms with Gasteiger partial charge in [0.05, 0.1) is 26.4 Å². The Kier molecular flexibility index (Phi) is 54.9. The van der Waals surface area contributed by atoms with Crippen LogP contribution in [0.2, 0.25) is 0 Å². The molecule has 6 heteroatoms. The molecule has 0 spiro atoms. The summed E-state index contributed by atoms with van der Waals surface area (Å²) in [5.74, 6) is 14.0. The molecule has 1 aliphatic carbocycles. The van der Waals surface area contributed by atoms with Gasteiger partial charge in [-0.3, -0.25) is 0 Å². The highest BCUT2D eigenvalue weighted by atomic mass is 16.5. The summed E-state index contributed by atoms with van der Waals surface area (Å²) in [5.41, 5.74) is 0. The molecule has 0 radical (unpaired) electrons. The molecular weight excluding hydrogens is 1130 g/mol. The van der Waals surface area contributed by atoms with E-state index >= 15 is 0 Å². The Morgan fingerprint density at radius 1 is 0.228 bits per heavy atom. The van der Waals surface area contributed by atoms with Gasteiger partial charge < -0.3 is 29.2 Å². The molecule has 0 aromatic rings. The van der Waals surface area contributed by atoms with Crippen LogP contribution in [0, 0.1) is 101 Å². The van der Waals surface area contributed by atoms with Crippen molar-refractivity contribution in [3.05, 3.63) is 0 Å². The number of fused-ring (bicyclic) bond motifs is 2. The fourth-order valence-electron chi connectivity index (χ4n) is 16.3. The Balaban J connectivity index is 1.73. The van der Waals surface area contributed by atoms with E-state index in [0.29, 0.717) is 36.9 Å². The minimum atomic E-state index is -0.203. The van der Waals surface area contributed by atoms with Gasteiger partial charge in [0.25, 0.3) is 0 Å². The maximum absolute atomic E-state index is 10.1. The van der Waals surface area contributed by atoms with Crippen molar-refractivity contribution in [3.63, 3.8) is 0 Å². The largest absolute Gasteiger partial charge is 0.394 e. The molecule has 2 rings (SSSR count). The third-order valence-corrected chi connectivity index (χ3v) is 24.4. The first-order valence-corrected chi connectivity index (χ1v) is 41.8. The number of hydrogen-bond acceptors (Lipinski definition) is 6. The lowest BCUT2D eigenvalue weighted by atomic mass is 9.85. The van der Waals surface area contributed by atoms with Crippen LogP contribution in [0.3, 0.4) is 0 Å². The highest BCUT2D eigenvalue weighted by molar-refractivity contribution is 4.80. The fraction of sp³-hybridized carbons (Fsp3) is 1.00. The maximum atomic E-state index is 10.1. The van der Waals surface area contributed by atoms with Gasteiger partial charge in [-0.15, -0.1) is 0 Å². The molecular formula is C86H170O6. The first kappa shape index (κ1) is 87.8. The van der Waals surface area contributed by atoms with Gasteiger partial charge in [0.2, 0.25) is 0 Å². The van der Waals surface area contributed by atoms with Gasteiger partial charge in [0.15, 0.2) is 0 Å². The topological polar surface area (TPSA) is 77.4 Å². The fourth-order valence-corrected chi connectivity index (χ4v) is 16.3. The SMILES string of the molecule is CC1CCCC(C)CCCC(C)CCC(C)CCCC(C)C2CCC(CCCC(C)CCOC(CO)COCCC(C)CCCC(C)CCCC(C)CCCC(C)CCC(C)CCCC(C)CCCC(C)CCCC(C)CCOC(CO)COCCC(C)CCC1)C2. The zero-order valence-electron chi connectivity index (χ0n) is 65.3. The van der Waals surface area contributed by atoms with Gasteiger partial charge in [-0.1, -0.05) is 348 Å². The molecule has 1 saturated carbocycles. The van der Waals surface area contributed by atoms with Gasteiger partial charge in [0, 0.05) is 26.4 Å². The molecule has 92 heavy (non-hydrogen) atoms. The quantitative estimate of drug-likeness (QED) is 0.287. The molecule has 1 saturated heterocycles.